The van der Waals surface area contributed by atoms with Crippen LogP contribution in [0.4, 0.5) is 0 Å². The summed E-state index contributed by atoms with van der Waals surface area (Å²) in [6, 6.07) is 6.32. The zero-order chi connectivity index (χ0) is 15.2. The van der Waals surface area contributed by atoms with Crippen molar-refractivity contribution in [1.82, 2.24) is 9.80 Å². The highest BCUT2D eigenvalue weighted by Crippen LogP contribution is 2.12. The molecule has 1 saturated heterocycles. The van der Waals surface area contributed by atoms with Gasteiger partial charge in [-0.2, -0.15) is 0 Å². The summed E-state index contributed by atoms with van der Waals surface area (Å²) in [6.07, 6.45) is 0.968. The molecule has 1 N–H and O–H groups in total. The van der Waals surface area contributed by atoms with Gasteiger partial charge in [-0.25, -0.2) is 4.79 Å². The Morgan fingerprint density at radius 2 is 2.00 bits per heavy atom. The van der Waals surface area contributed by atoms with Gasteiger partial charge in [0.15, 0.2) is 0 Å². The number of hydrogen-bond donors (Lipinski definition) is 1. The number of nitrogens with zero attached hydrogens (tertiary/aromatic N) is 2. The third-order valence-electron chi connectivity index (χ3n) is 3.53. The van der Waals surface area contributed by atoms with Crippen molar-refractivity contribution < 1.29 is 19.4 Å². The summed E-state index contributed by atoms with van der Waals surface area (Å²) < 4.78 is 5.59. The minimum absolute atomic E-state index is 0.137. The first-order valence-electron chi connectivity index (χ1n) is 6.99. The third kappa shape index (κ3) is 4.46. The van der Waals surface area contributed by atoms with Crippen LogP contribution in [0.3, 0.4) is 0 Å². The quantitative estimate of drug-likeness (QED) is 0.874. The van der Waals surface area contributed by atoms with Crippen molar-refractivity contribution in [1.29, 1.82) is 0 Å². The van der Waals surface area contributed by atoms with E-state index in [0.29, 0.717) is 25.4 Å². The summed E-state index contributed by atoms with van der Waals surface area (Å²) in [5, 5.41) is 8.81. The largest absolute Gasteiger partial charge is 0.492 e. The average molecular weight is 292 g/mol. The number of carbonyl (C=O) groups is 2. The lowest BCUT2D eigenvalue weighted by Crippen LogP contribution is -2.36. The lowest BCUT2D eigenvalue weighted by molar-refractivity contribution is -0.129. The van der Waals surface area contributed by atoms with Crippen LogP contribution in [0.25, 0.3) is 0 Å². The molecule has 21 heavy (non-hydrogen) atoms. The molecule has 114 valence electrons. The Morgan fingerprint density at radius 3 is 2.67 bits per heavy atom. The topological polar surface area (TPSA) is 70.1 Å². The van der Waals surface area contributed by atoms with Gasteiger partial charge in [0, 0.05) is 26.7 Å². The molecule has 0 unspecified atom stereocenters. The van der Waals surface area contributed by atoms with Gasteiger partial charge in [0.2, 0.25) is 5.91 Å². The second-order valence-corrected chi connectivity index (χ2v) is 5.12. The van der Waals surface area contributed by atoms with Crippen LogP contribution in [0.2, 0.25) is 0 Å². The molecule has 0 spiro atoms. The van der Waals surface area contributed by atoms with E-state index in [0.717, 1.165) is 19.5 Å². The molecule has 0 aromatic heterocycles. The van der Waals surface area contributed by atoms with Crippen LogP contribution in [0, 0.1) is 0 Å². The lowest BCUT2D eigenvalue weighted by atomic mass is 10.2. The maximum absolute atomic E-state index is 11.7. The molecule has 0 radical (unpaired) electrons. The molecule has 1 aliphatic heterocycles. The normalized spacial score (nSPS) is 16.6. The fraction of sp³-hybridized carbons (Fsp3) is 0.467. The smallest absolute Gasteiger partial charge is 0.335 e. The fourth-order valence-corrected chi connectivity index (χ4v) is 2.22. The van der Waals surface area contributed by atoms with Gasteiger partial charge < -0.3 is 14.7 Å². The maximum Gasteiger partial charge on any atom is 0.335 e. The molecule has 1 aliphatic rings. The van der Waals surface area contributed by atoms with Gasteiger partial charge in [0.05, 0.1) is 12.1 Å². The van der Waals surface area contributed by atoms with Crippen LogP contribution < -0.4 is 4.74 Å². The Bertz CT molecular complexity index is 501. The predicted octanol–water partition coefficient (Wildman–Crippen LogP) is 0.928. The van der Waals surface area contributed by atoms with Crippen molar-refractivity contribution >= 4 is 11.9 Å². The van der Waals surface area contributed by atoms with Gasteiger partial charge in [-0.3, -0.25) is 9.69 Å². The summed E-state index contributed by atoms with van der Waals surface area (Å²) in [6.45, 7) is 3.27. The minimum Gasteiger partial charge on any atom is -0.492 e. The highest BCUT2D eigenvalue weighted by molar-refractivity contribution is 5.87. The summed E-state index contributed by atoms with van der Waals surface area (Å²) in [4.78, 5) is 26.3. The van der Waals surface area contributed by atoms with Crippen LogP contribution in [0.5, 0.6) is 5.75 Å². The van der Waals surface area contributed by atoms with E-state index in [1.807, 2.05) is 7.05 Å². The minimum atomic E-state index is -0.950. The molecule has 1 aromatic rings. The molecule has 0 aliphatic carbocycles. The SMILES string of the molecule is CN1CCCN(CCOc2ccc(C(=O)O)cc2)CC1=O. The van der Waals surface area contributed by atoms with E-state index in [2.05, 4.69) is 4.90 Å². The summed E-state index contributed by atoms with van der Waals surface area (Å²) >= 11 is 0. The van der Waals surface area contributed by atoms with E-state index in [1.165, 1.54) is 12.1 Å². The van der Waals surface area contributed by atoms with Crippen LogP contribution >= 0.6 is 0 Å². The number of carboxylic acids is 1. The molecular weight excluding hydrogens is 272 g/mol. The first-order valence-corrected chi connectivity index (χ1v) is 6.99. The van der Waals surface area contributed by atoms with Crippen LogP contribution in [-0.4, -0.2) is 66.6 Å². The fourth-order valence-electron chi connectivity index (χ4n) is 2.22. The summed E-state index contributed by atoms with van der Waals surface area (Å²) in [5.41, 5.74) is 0.239. The number of carboxylic acid groups (broad SMARTS) is 1. The van der Waals surface area contributed by atoms with Crippen molar-refractivity contribution in [2.75, 3.05) is 39.8 Å². The Balaban J connectivity index is 1.78. The van der Waals surface area contributed by atoms with E-state index in [-0.39, 0.29) is 11.5 Å². The Kier molecular flexibility index (Phi) is 5.16. The number of ether oxygens (including phenoxy) is 1. The van der Waals surface area contributed by atoms with E-state index in [4.69, 9.17) is 9.84 Å². The summed E-state index contributed by atoms with van der Waals surface area (Å²) in [7, 11) is 1.83. The van der Waals surface area contributed by atoms with E-state index >= 15 is 0 Å². The number of likely N-dealkylation sites (N-methyl/N-ethyl adjacent to an activating group) is 1. The molecule has 1 amide bonds. The van der Waals surface area contributed by atoms with Crippen LogP contribution in [0.1, 0.15) is 16.8 Å². The molecule has 6 heteroatoms. The standard InChI is InChI=1S/C15H20N2O4/c1-16-7-2-8-17(11-14(16)18)9-10-21-13-5-3-12(4-6-13)15(19)20/h3-6H,2,7-11H2,1H3,(H,19,20). The van der Waals surface area contributed by atoms with Gasteiger partial charge in [0.1, 0.15) is 12.4 Å². The third-order valence-corrected chi connectivity index (χ3v) is 3.53. The monoisotopic (exact) mass is 292 g/mol. The van der Waals surface area contributed by atoms with Crippen molar-refractivity contribution in [2.45, 2.75) is 6.42 Å². The number of rotatable bonds is 5. The van der Waals surface area contributed by atoms with Crippen LogP contribution in [0.15, 0.2) is 24.3 Å². The zero-order valence-corrected chi connectivity index (χ0v) is 12.1. The predicted molar refractivity (Wildman–Crippen MR) is 77.6 cm³/mol. The number of hydrogen-bond acceptors (Lipinski definition) is 4. The Morgan fingerprint density at radius 1 is 1.29 bits per heavy atom. The molecule has 6 nitrogen and oxygen atoms in total. The van der Waals surface area contributed by atoms with Crippen molar-refractivity contribution in [3.8, 4) is 5.75 Å². The molecule has 0 atom stereocenters. The molecule has 2 rings (SSSR count). The first kappa shape index (κ1) is 15.3. The Labute approximate surface area is 123 Å². The lowest BCUT2D eigenvalue weighted by Gasteiger charge is -2.19. The molecule has 1 aromatic carbocycles. The number of amides is 1. The summed E-state index contributed by atoms with van der Waals surface area (Å²) in [5.74, 6) is -0.176. The molecule has 1 fully saturated rings. The van der Waals surface area contributed by atoms with Crippen molar-refractivity contribution in [3.63, 3.8) is 0 Å². The highest BCUT2D eigenvalue weighted by atomic mass is 16.5. The Hall–Kier alpha value is -2.08. The van der Waals surface area contributed by atoms with Gasteiger partial charge in [0.25, 0.3) is 0 Å². The van der Waals surface area contributed by atoms with Gasteiger partial charge in [-0.05, 0) is 30.7 Å². The van der Waals surface area contributed by atoms with Gasteiger partial charge in [-0.1, -0.05) is 0 Å². The van der Waals surface area contributed by atoms with Crippen LogP contribution in [-0.2, 0) is 4.79 Å². The second kappa shape index (κ2) is 7.08. The second-order valence-electron chi connectivity index (χ2n) is 5.12. The van der Waals surface area contributed by atoms with Crippen molar-refractivity contribution in [3.05, 3.63) is 29.8 Å². The molecule has 0 saturated carbocycles. The van der Waals surface area contributed by atoms with E-state index in [9.17, 15) is 9.59 Å². The first-order chi connectivity index (χ1) is 10.1. The number of benzene rings is 1. The van der Waals surface area contributed by atoms with Gasteiger partial charge in [-0.15, -0.1) is 0 Å². The maximum atomic E-state index is 11.7. The van der Waals surface area contributed by atoms with E-state index < -0.39 is 5.97 Å². The molecule has 0 bridgehead atoms. The molecular formula is C15H20N2O4. The average Bonchev–Trinajstić information content (AvgIpc) is 2.62. The zero-order valence-electron chi connectivity index (χ0n) is 12.1. The van der Waals surface area contributed by atoms with Crippen molar-refractivity contribution in [2.24, 2.45) is 0 Å². The van der Waals surface area contributed by atoms with Gasteiger partial charge >= 0.3 is 5.97 Å². The van der Waals surface area contributed by atoms with E-state index in [1.54, 1.807) is 17.0 Å². The number of aromatic carboxylic acids is 1. The number of carbonyl (C=O) groups excluding carboxylic acids is 1. The molecule has 1 heterocycles. The highest BCUT2D eigenvalue weighted by Gasteiger charge is 2.18.